The molecule has 0 aromatic carbocycles. The highest BCUT2D eigenvalue weighted by Crippen LogP contribution is 1.99. The second-order valence-electron chi connectivity index (χ2n) is 2.32. The monoisotopic (exact) mass is 247 g/mol. The van der Waals surface area contributed by atoms with Gasteiger partial charge in [-0.15, -0.1) is 19.6 Å². The summed E-state index contributed by atoms with van der Waals surface area (Å²) in [7, 11) is -5.74. The molecule has 1 fully saturated rings. The van der Waals surface area contributed by atoms with Crippen LogP contribution in [0.1, 0.15) is 19.3 Å². The Balaban J connectivity index is 0. The van der Waals surface area contributed by atoms with Crippen molar-refractivity contribution < 1.29 is 28.7 Å². The highest BCUT2D eigenvalue weighted by molar-refractivity contribution is 7.31. The van der Waals surface area contributed by atoms with Crippen molar-refractivity contribution in [3.05, 3.63) is 0 Å². The molecule has 1 rings (SSSR count). The lowest BCUT2D eigenvalue weighted by atomic mass is 10.2. The molecule has 84 valence electrons. The summed E-state index contributed by atoms with van der Waals surface area (Å²) in [6.45, 7) is 2.50. The van der Waals surface area contributed by atoms with Gasteiger partial charge in [-0.2, -0.15) is 0 Å². The van der Waals surface area contributed by atoms with Gasteiger partial charge in [0.05, 0.1) is 0 Å². The zero-order valence-electron chi connectivity index (χ0n) is 7.54. The predicted octanol–water partition coefficient (Wildman–Crippen LogP) is 0.0167. The van der Waals surface area contributed by atoms with E-state index in [1.807, 2.05) is 0 Å². The average Bonchev–Trinajstić information content (AvgIpc) is 2.05. The summed E-state index contributed by atoms with van der Waals surface area (Å²) in [5, 5.41) is 3.28. The maximum atomic E-state index is 8.70. The Hall–Kier alpha value is -0.0000000000000000416. The summed E-state index contributed by atoms with van der Waals surface area (Å²) >= 11 is 0. The SMILES string of the molecule is C1CCNCC1.O=[P+](O)O.O=[P+](O)O. The van der Waals surface area contributed by atoms with Gasteiger partial charge in [0.25, 0.3) is 0 Å². The minimum Gasteiger partial charge on any atom is -0.317 e. The molecule has 0 saturated carbocycles. The van der Waals surface area contributed by atoms with Crippen molar-refractivity contribution in [2.24, 2.45) is 0 Å². The normalized spacial score (nSPS) is 14.0. The summed E-state index contributed by atoms with van der Waals surface area (Å²) in [4.78, 5) is 28.5. The number of hydrogen-bond donors (Lipinski definition) is 5. The molecule has 1 heterocycles. The molecule has 0 atom stereocenters. The van der Waals surface area contributed by atoms with Gasteiger partial charge in [0.2, 0.25) is 0 Å². The Labute approximate surface area is 83.7 Å². The summed E-state index contributed by atoms with van der Waals surface area (Å²) in [6.07, 6.45) is 4.22. The Morgan fingerprint density at radius 1 is 0.786 bits per heavy atom. The van der Waals surface area contributed by atoms with E-state index in [1.54, 1.807) is 0 Å². The molecule has 1 saturated heterocycles. The van der Waals surface area contributed by atoms with E-state index >= 15 is 0 Å². The fourth-order valence-corrected chi connectivity index (χ4v) is 0.802. The second kappa shape index (κ2) is 13.0. The molecule has 1 aliphatic rings. The largest absolute Gasteiger partial charge is 0.692 e. The van der Waals surface area contributed by atoms with Crippen molar-refractivity contribution >= 4 is 16.5 Å². The summed E-state index contributed by atoms with van der Waals surface area (Å²) in [5.41, 5.74) is 0. The van der Waals surface area contributed by atoms with E-state index in [2.05, 4.69) is 5.32 Å². The van der Waals surface area contributed by atoms with Crippen molar-refractivity contribution in [2.45, 2.75) is 19.3 Å². The standard InChI is InChI=1S/C5H11N.2HO3P/c1-2-4-6-5-3-1;2*1-4(2)3/h6H,1-5H2;2*(H-,1,2,3)/p+2. The molecule has 5 N–H and O–H groups in total. The minimum absolute atomic E-state index is 1.25. The highest BCUT2D eigenvalue weighted by atomic mass is 31.1. The molecule has 0 unspecified atom stereocenters. The van der Waals surface area contributed by atoms with E-state index < -0.39 is 16.5 Å². The van der Waals surface area contributed by atoms with Crippen LogP contribution in [0.4, 0.5) is 0 Å². The number of piperidine rings is 1. The van der Waals surface area contributed by atoms with Crippen LogP contribution in [0, 0.1) is 0 Å². The predicted molar refractivity (Wildman–Crippen MR) is 50.8 cm³/mol. The van der Waals surface area contributed by atoms with E-state index in [-0.39, 0.29) is 0 Å². The van der Waals surface area contributed by atoms with Crippen LogP contribution in [0.3, 0.4) is 0 Å². The number of rotatable bonds is 0. The minimum atomic E-state index is -2.87. The fourth-order valence-electron chi connectivity index (χ4n) is 0.802. The van der Waals surface area contributed by atoms with Crippen LogP contribution in [-0.4, -0.2) is 32.7 Å². The van der Waals surface area contributed by atoms with Gasteiger partial charge in [0, 0.05) is 9.13 Å². The first-order valence-electron chi connectivity index (χ1n) is 3.87. The van der Waals surface area contributed by atoms with Crippen LogP contribution in [0.25, 0.3) is 0 Å². The molecule has 0 amide bonds. The van der Waals surface area contributed by atoms with Crippen LogP contribution in [0.15, 0.2) is 0 Å². The van der Waals surface area contributed by atoms with E-state index in [0.717, 1.165) is 0 Å². The Kier molecular flexibility index (Phi) is 15.3. The zero-order valence-corrected chi connectivity index (χ0v) is 9.32. The second-order valence-corrected chi connectivity index (χ2v) is 3.33. The lowest BCUT2D eigenvalue weighted by Crippen LogP contribution is -2.21. The Morgan fingerprint density at radius 2 is 1.07 bits per heavy atom. The highest BCUT2D eigenvalue weighted by Gasteiger charge is 1.94. The van der Waals surface area contributed by atoms with Crippen molar-refractivity contribution in [3.8, 4) is 0 Å². The number of nitrogens with one attached hydrogen (secondary N) is 1. The molecule has 0 aliphatic carbocycles. The van der Waals surface area contributed by atoms with Crippen LogP contribution in [-0.2, 0) is 9.13 Å². The fraction of sp³-hybridized carbons (Fsp3) is 1.00. The molecule has 0 radical (unpaired) electrons. The maximum absolute atomic E-state index is 8.70. The van der Waals surface area contributed by atoms with E-state index in [9.17, 15) is 0 Å². The lowest BCUT2D eigenvalue weighted by Gasteiger charge is -2.08. The van der Waals surface area contributed by atoms with Crippen molar-refractivity contribution in [1.82, 2.24) is 5.32 Å². The van der Waals surface area contributed by atoms with Crippen molar-refractivity contribution in [3.63, 3.8) is 0 Å². The topological polar surface area (TPSA) is 127 Å². The molecule has 0 aromatic rings. The van der Waals surface area contributed by atoms with Gasteiger partial charge in [0.15, 0.2) is 0 Å². The van der Waals surface area contributed by atoms with Crippen LogP contribution < -0.4 is 5.32 Å². The summed E-state index contributed by atoms with van der Waals surface area (Å²) < 4.78 is 17.4. The average molecular weight is 247 g/mol. The first-order chi connectivity index (χ1) is 6.46. The molecule has 0 aromatic heterocycles. The first-order valence-corrected chi connectivity index (χ1v) is 6.20. The van der Waals surface area contributed by atoms with Crippen LogP contribution in [0.2, 0.25) is 0 Å². The Bertz CT molecular complexity index is 131. The molecular formula is C5H15NO6P2+2. The van der Waals surface area contributed by atoms with Crippen molar-refractivity contribution in [1.29, 1.82) is 0 Å². The van der Waals surface area contributed by atoms with Gasteiger partial charge in [-0.05, 0) is 25.9 Å². The molecule has 7 nitrogen and oxygen atoms in total. The lowest BCUT2D eigenvalue weighted by molar-refractivity contribution is 0.403. The molecular weight excluding hydrogens is 232 g/mol. The zero-order chi connectivity index (χ0) is 11.4. The third kappa shape index (κ3) is 40.3. The molecule has 1 aliphatic heterocycles. The van der Waals surface area contributed by atoms with Crippen LogP contribution in [0.5, 0.6) is 0 Å². The Morgan fingerprint density at radius 3 is 1.14 bits per heavy atom. The third-order valence-corrected chi connectivity index (χ3v) is 1.21. The first kappa shape index (κ1) is 16.4. The van der Waals surface area contributed by atoms with Gasteiger partial charge in [-0.1, -0.05) is 6.42 Å². The summed E-state index contributed by atoms with van der Waals surface area (Å²) in [5.74, 6) is 0. The maximum Gasteiger partial charge on any atom is 0.692 e. The molecule has 9 heteroatoms. The summed E-state index contributed by atoms with van der Waals surface area (Å²) in [6, 6.07) is 0. The van der Waals surface area contributed by atoms with E-state index in [1.165, 1.54) is 32.4 Å². The molecule has 0 bridgehead atoms. The third-order valence-electron chi connectivity index (χ3n) is 1.21. The van der Waals surface area contributed by atoms with Crippen molar-refractivity contribution in [2.75, 3.05) is 13.1 Å². The van der Waals surface area contributed by atoms with E-state index in [4.69, 9.17) is 28.7 Å². The molecule has 14 heavy (non-hydrogen) atoms. The van der Waals surface area contributed by atoms with Gasteiger partial charge in [0.1, 0.15) is 0 Å². The van der Waals surface area contributed by atoms with Gasteiger partial charge in [-0.25, -0.2) is 0 Å². The number of hydrogen-bond acceptors (Lipinski definition) is 3. The van der Waals surface area contributed by atoms with Gasteiger partial charge in [-0.3, -0.25) is 0 Å². The quantitative estimate of drug-likeness (QED) is 0.382. The van der Waals surface area contributed by atoms with Gasteiger partial charge >= 0.3 is 16.5 Å². The smallest absolute Gasteiger partial charge is 0.317 e. The molecule has 0 spiro atoms. The van der Waals surface area contributed by atoms with Crippen LogP contribution >= 0.6 is 16.5 Å². The van der Waals surface area contributed by atoms with Gasteiger partial charge < -0.3 is 5.32 Å². The van der Waals surface area contributed by atoms with E-state index in [0.29, 0.717) is 0 Å².